The molecule has 1 aliphatic heterocycles. The van der Waals surface area contributed by atoms with E-state index >= 15 is 0 Å². The van der Waals surface area contributed by atoms with Crippen LogP contribution in [-0.2, 0) is 4.79 Å². The van der Waals surface area contributed by atoms with Gasteiger partial charge in [-0.3, -0.25) is 9.59 Å². The van der Waals surface area contributed by atoms with Gasteiger partial charge in [0.05, 0.1) is 0 Å². The average molecular weight is 351 g/mol. The van der Waals surface area contributed by atoms with Crippen LogP contribution in [0.1, 0.15) is 50.4 Å². The Morgan fingerprint density at radius 3 is 2.33 bits per heavy atom. The molecule has 0 aromatic heterocycles. The van der Waals surface area contributed by atoms with E-state index in [0.29, 0.717) is 28.8 Å². The third-order valence-corrected chi connectivity index (χ3v) is 4.76. The predicted molar refractivity (Wildman–Crippen MR) is 97.1 cm³/mol. The van der Waals surface area contributed by atoms with Gasteiger partial charge >= 0.3 is 0 Å². The SMILES string of the molecule is CC(C)C[C@H](NC(=O)c1ccc(Cl)cc1)C(=O)N1CCC(C)CC1. The Labute approximate surface area is 149 Å². The molecule has 1 aromatic rings. The van der Waals surface area contributed by atoms with Crippen molar-refractivity contribution in [1.82, 2.24) is 10.2 Å². The van der Waals surface area contributed by atoms with Crippen molar-refractivity contribution in [3.63, 3.8) is 0 Å². The van der Waals surface area contributed by atoms with Gasteiger partial charge in [0.2, 0.25) is 5.91 Å². The topological polar surface area (TPSA) is 49.4 Å². The molecule has 1 atom stereocenters. The molecule has 0 unspecified atom stereocenters. The quantitative estimate of drug-likeness (QED) is 0.879. The van der Waals surface area contributed by atoms with Crippen molar-refractivity contribution in [3.8, 4) is 0 Å². The fourth-order valence-electron chi connectivity index (χ4n) is 2.99. The maximum absolute atomic E-state index is 12.9. The smallest absolute Gasteiger partial charge is 0.251 e. The van der Waals surface area contributed by atoms with E-state index in [1.165, 1.54) is 0 Å². The van der Waals surface area contributed by atoms with Gasteiger partial charge in [-0.05, 0) is 55.4 Å². The summed E-state index contributed by atoms with van der Waals surface area (Å²) in [6.45, 7) is 7.91. The molecule has 0 spiro atoms. The van der Waals surface area contributed by atoms with Gasteiger partial charge in [-0.1, -0.05) is 32.4 Å². The molecule has 1 aliphatic rings. The molecule has 132 valence electrons. The molecule has 1 N–H and O–H groups in total. The van der Waals surface area contributed by atoms with E-state index in [0.717, 1.165) is 25.9 Å². The van der Waals surface area contributed by atoms with E-state index in [1.54, 1.807) is 24.3 Å². The molecule has 1 fully saturated rings. The minimum atomic E-state index is -0.471. The van der Waals surface area contributed by atoms with Crippen LogP contribution in [0.3, 0.4) is 0 Å². The van der Waals surface area contributed by atoms with E-state index in [1.807, 2.05) is 4.90 Å². The number of rotatable bonds is 5. The number of piperidine rings is 1. The third kappa shape index (κ3) is 5.23. The molecule has 0 aliphatic carbocycles. The van der Waals surface area contributed by atoms with Crippen molar-refractivity contribution in [2.24, 2.45) is 11.8 Å². The van der Waals surface area contributed by atoms with Crippen LogP contribution < -0.4 is 5.32 Å². The van der Waals surface area contributed by atoms with Gasteiger partial charge in [-0.25, -0.2) is 0 Å². The Balaban J connectivity index is 2.05. The second-order valence-electron chi connectivity index (χ2n) is 7.17. The highest BCUT2D eigenvalue weighted by Crippen LogP contribution is 2.18. The number of carbonyl (C=O) groups excluding carboxylic acids is 2. The fraction of sp³-hybridized carbons (Fsp3) is 0.579. The van der Waals surface area contributed by atoms with Crippen molar-refractivity contribution < 1.29 is 9.59 Å². The molecule has 0 radical (unpaired) electrons. The number of hydrogen-bond donors (Lipinski definition) is 1. The second kappa shape index (κ2) is 8.52. The average Bonchev–Trinajstić information content (AvgIpc) is 2.54. The molecule has 2 rings (SSSR count). The monoisotopic (exact) mass is 350 g/mol. The number of amides is 2. The highest BCUT2D eigenvalue weighted by Gasteiger charge is 2.29. The summed E-state index contributed by atoms with van der Waals surface area (Å²) in [5.41, 5.74) is 0.522. The number of nitrogens with zero attached hydrogens (tertiary/aromatic N) is 1. The van der Waals surface area contributed by atoms with Crippen LogP contribution in [0, 0.1) is 11.8 Å². The first kappa shape index (κ1) is 18.8. The van der Waals surface area contributed by atoms with E-state index in [4.69, 9.17) is 11.6 Å². The standard InChI is InChI=1S/C19H27ClN2O2/c1-13(2)12-17(19(24)22-10-8-14(3)9-11-22)21-18(23)15-4-6-16(20)7-5-15/h4-7,13-14,17H,8-12H2,1-3H3,(H,21,23)/t17-/m0/s1. The fourth-order valence-corrected chi connectivity index (χ4v) is 3.11. The number of hydrogen-bond acceptors (Lipinski definition) is 2. The highest BCUT2D eigenvalue weighted by molar-refractivity contribution is 6.30. The first-order valence-corrected chi connectivity index (χ1v) is 9.10. The number of halogens is 1. The highest BCUT2D eigenvalue weighted by atomic mass is 35.5. The van der Waals surface area contributed by atoms with Crippen LogP contribution in [0.5, 0.6) is 0 Å². The summed E-state index contributed by atoms with van der Waals surface area (Å²) in [6.07, 6.45) is 2.71. The number of nitrogens with one attached hydrogen (secondary N) is 1. The Hall–Kier alpha value is -1.55. The zero-order chi connectivity index (χ0) is 17.7. The Morgan fingerprint density at radius 1 is 1.21 bits per heavy atom. The largest absolute Gasteiger partial charge is 0.341 e. The minimum Gasteiger partial charge on any atom is -0.341 e. The molecule has 0 bridgehead atoms. The van der Waals surface area contributed by atoms with Crippen LogP contribution in [0.15, 0.2) is 24.3 Å². The molecule has 4 nitrogen and oxygen atoms in total. The summed E-state index contributed by atoms with van der Waals surface area (Å²) in [4.78, 5) is 27.2. The zero-order valence-corrected chi connectivity index (χ0v) is 15.5. The predicted octanol–water partition coefficient (Wildman–Crippen LogP) is 3.74. The molecule has 24 heavy (non-hydrogen) atoms. The van der Waals surface area contributed by atoms with Crippen LogP contribution in [0.25, 0.3) is 0 Å². The lowest BCUT2D eigenvalue weighted by molar-refractivity contribution is -0.135. The Bertz CT molecular complexity index is 563. The van der Waals surface area contributed by atoms with E-state index in [-0.39, 0.29) is 11.8 Å². The molecule has 0 saturated carbocycles. The third-order valence-electron chi connectivity index (χ3n) is 4.51. The van der Waals surface area contributed by atoms with Crippen molar-refractivity contribution in [1.29, 1.82) is 0 Å². The minimum absolute atomic E-state index is 0.0397. The number of likely N-dealkylation sites (tertiary alicyclic amines) is 1. The van der Waals surface area contributed by atoms with E-state index in [2.05, 4.69) is 26.1 Å². The first-order chi connectivity index (χ1) is 11.4. The van der Waals surface area contributed by atoms with Gasteiger partial charge in [0.25, 0.3) is 5.91 Å². The number of benzene rings is 1. The Kier molecular flexibility index (Phi) is 6.67. The molecule has 2 amide bonds. The summed E-state index contributed by atoms with van der Waals surface area (Å²) in [7, 11) is 0. The van der Waals surface area contributed by atoms with Crippen molar-refractivity contribution in [2.45, 2.75) is 46.1 Å². The molecule has 5 heteroatoms. The lowest BCUT2D eigenvalue weighted by Gasteiger charge is -2.33. The van der Waals surface area contributed by atoms with Gasteiger partial charge in [0.1, 0.15) is 6.04 Å². The second-order valence-corrected chi connectivity index (χ2v) is 7.61. The van der Waals surface area contributed by atoms with Gasteiger partial charge in [0.15, 0.2) is 0 Å². The van der Waals surface area contributed by atoms with Crippen LogP contribution in [0.4, 0.5) is 0 Å². The van der Waals surface area contributed by atoms with Crippen molar-refractivity contribution >= 4 is 23.4 Å². The van der Waals surface area contributed by atoms with Gasteiger partial charge in [-0.2, -0.15) is 0 Å². The molecule has 1 heterocycles. The van der Waals surface area contributed by atoms with Gasteiger partial charge in [-0.15, -0.1) is 0 Å². The molecule has 1 aromatic carbocycles. The summed E-state index contributed by atoms with van der Waals surface area (Å²) in [6, 6.07) is 6.25. The van der Waals surface area contributed by atoms with Crippen LogP contribution in [0.2, 0.25) is 5.02 Å². The van der Waals surface area contributed by atoms with Crippen LogP contribution >= 0.6 is 11.6 Å². The van der Waals surface area contributed by atoms with E-state index < -0.39 is 6.04 Å². The van der Waals surface area contributed by atoms with Gasteiger partial charge < -0.3 is 10.2 Å². The summed E-state index contributed by atoms with van der Waals surface area (Å²) in [5, 5.41) is 3.51. The Morgan fingerprint density at radius 2 is 1.79 bits per heavy atom. The molecule has 1 saturated heterocycles. The van der Waals surface area contributed by atoms with Crippen LogP contribution in [-0.4, -0.2) is 35.8 Å². The van der Waals surface area contributed by atoms with E-state index in [9.17, 15) is 9.59 Å². The normalized spacial score (nSPS) is 17.0. The van der Waals surface area contributed by atoms with Crippen molar-refractivity contribution in [3.05, 3.63) is 34.9 Å². The van der Waals surface area contributed by atoms with Gasteiger partial charge in [0, 0.05) is 23.7 Å². The maximum atomic E-state index is 12.9. The first-order valence-electron chi connectivity index (χ1n) is 8.72. The maximum Gasteiger partial charge on any atom is 0.251 e. The summed E-state index contributed by atoms with van der Waals surface area (Å²) in [5.74, 6) is 0.809. The van der Waals surface area contributed by atoms with Crippen molar-refractivity contribution in [2.75, 3.05) is 13.1 Å². The summed E-state index contributed by atoms with van der Waals surface area (Å²) < 4.78 is 0. The lowest BCUT2D eigenvalue weighted by atomic mass is 9.97. The number of carbonyl (C=O) groups is 2. The zero-order valence-electron chi connectivity index (χ0n) is 14.7. The molecular formula is C19H27ClN2O2. The molecular weight excluding hydrogens is 324 g/mol. The summed E-state index contributed by atoms with van der Waals surface area (Å²) >= 11 is 5.86. The lowest BCUT2D eigenvalue weighted by Crippen LogP contribution is -2.51.